The second-order valence-electron chi connectivity index (χ2n) is 3.03. The Morgan fingerprint density at radius 2 is 2.00 bits per heavy atom. The molecule has 1 unspecified atom stereocenters. The lowest BCUT2D eigenvalue weighted by atomic mass is 10.1. The zero-order valence-corrected chi connectivity index (χ0v) is 8.73. The molecule has 0 aliphatic carbocycles. The zero-order valence-electron chi connectivity index (χ0n) is 7.92. The molecule has 72 valence electrons. The van der Waals surface area contributed by atoms with Crippen LogP contribution in [0, 0.1) is 13.8 Å². The lowest BCUT2D eigenvalue weighted by molar-refractivity contribution is 0.473. The molecule has 1 aromatic rings. The van der Waals surface area contributed by atoms with Crippen LogP contribution in [0.5, 0.6) is 5.75 Å². The summed E-state index contributed by atoms with van der Waals surface area (Å²) in [6.45, 7) is 3.74. The first-order valence-electron chi connectivity index (χ1n) is 3.91. The van der Waals surface area contributed by atoms with Gasteiger partial charge in [0.25, 0.3) is 0 Å². The number of rotatable bonds is 2. The lowest BCUT2D eigenvalue weighted by Gasteiger charge is -2.08. The first kappa shape index (κ1) is 10.1. The summed E-state index contributed by atoms with van der Waals surface area (Å²) < 4.78 is 13.6. The monoisotopic (exact) mass is 199 g/mol. The summed E-state index contributed by atoms with van der Waals surface area (Å²) in [6, 6.07) is 3.64. The van der Waals surface area contributed by atoms with Gasteiger partial charge in [-0.05, 0) is 31.0 Å². The molecule has 0 amide bonds. The van der Waals surface area contributed by atoms with E-state index < -0.39 is 11.0 Å². The molecule has 1 aromatic carbocycles. The number of phenols is 1. The highest BCUT2D eigenvalue weighted by atomic mass is 32.2. The Kier molecular flexibility index (Phi) is 2.93. The average Bonchev–Trinajstić information content (AvgIpc) is 1.98. The quantitative estimate of drug-likeness (QED) is 0.712. The molecule has 3 nitrogen and oxygen atoms in total. The fourth-order valence-electron chi connectivity index (χ4n) is 1.19. The Hall–Kier alpha value is -1.03. The Labute approximate surface area is 80.4 Å². The van der Waals surface area contributed by atoms with Crippen molar-refractivity contribution in [1.82, 2.24) is 0 Å². The van der Waals surface area contributed by atoms with Crippen LogP contribution in [0.3, 0.4) is 0 Å². The van der Waals surface area contributed by atoms with Crippen molar-refractivity contribution in [2.24, 2.45) is 0 Å². The highest BCUT2D eigenvalue weighted by molar-refractivity contribution is 7.85. The second kappa shape index (κ2) is 3.79. The fraction of sp³-hybridized carbons (Fsp3) is 0.333. The number of hydrogen-bond acceptors (Lipinski definition) is 2. The van der Waals surface area contributed by atoms with Gasteiger partial charge in [-0.1, -0.05) is 6.07 Å². The molecule has 0 spiro atoms. The van der Waals surface area contributed by atoms with Crippen LogP contribution in [-0.4, -0.2) is 15.6 Å². The van der Waals surface area contributed by atoms with E-state index in [0.717, 1.165) is 11.1 Å². The molecule has 0 saturated carbocycles. The maximum atomic E-state index is 10.9. The minimum atomic E-state index is -1.15. The van der Waals surface area contributed by atoms with Gasteiger partial charge >= 0.3 is 0 Å². The molecule has 0 fully saturated rings. The van der Waals surface area contributed by atoms with Crippen LogP contribution >= 0.6 is 0 Å². The molecule has 1 atom stereocenters. The summed E-state index contributed by atoms with van der Waals surface area (Å²) >= 11 is 0. The Balaban J connectivity index is 3.12. The van der Waals surface area contributed by atoms with Gasteiger partial charge in [-0.2, -0.15) is 0 Å². The van der Waals surface area contributed by atoms with Crippen LogP contribution in [0.2, 0.25) is 0 Å². The lowest BCUT2D eigenvalue weighted by Crippen LogP contribution is -2.02. The van der Waals surface area contributed by atoms with E-state index in [1.54, 1.807) is 6.07 Å². The SMILES string of the molecule is Cc1cc(C)c(O)c(NS(C)=O)c1. The Morgan fingerprint density at radius 1 is 1.38 bits per heavy atom. The van der Waals surface area contributed by atoms with E-state index >= 15 is 0 Å². The molecular formula is C9H13NO2S. The number of nitrogens with one attached hydrogen (secondary N) is 1. The van der Waals surface area contributed by atoms with Gasteiger partial charge in [0.2, 0.25) is 0 Å². The van der Waals surface area contributed by atoms with Crippen molar-refractivity contribution in [1.29, 1.82) is 0 Å². The van der Waals surface area contributed by atoms with Gasteiger partial charge in [-0.15, -0.1) is 0 Å². The summed E-state index contributed by atoms with van der Waals surface area (Å²) in [5.41, 5.74) is 2.34. The maximum Gasteiger partial charge on any atom is 0.142 e. The van der Waals surface area contributed by atoms with Crippen LogP contribution in [0.15, 0.2) is 12.1 Å². The van der Waals surface area contributed by atoms with Crippen LogP contribution < -0.4 is 4.72 Å². The minimum Gasteiger partial charge on any atom is -0.505 e. The van der Waals surface area contributed by atoms with Gasteiger partial charge in [0.15, 0.2) is 0 Å². The van der Waals surface area contributed by atoms with Gasteiger partial charge < -0.3 is 9.83 Å². The first-order chi connectivity index (χ1) is 6.00. The van der Waals surface area contributed by atoms with Gasteiger partial charge in [-0.25, -0.2) is 4.21 Å². The fourth-order valence-corrected chi connectivity index (χ4v) is 1.66. The minimum absolute atomic E-state index is 0.167. The molecule has 0 bridgehead atoms. The number of benzene rings is 1. The van der Waals surface area contributed by atoms with Crippen LogP contribution in [0.4, 0.5) is 5.69 Å². The van der Waals surface area contributed by atoms with Crippen molar-refractivity contribution >= 4 is 16.7 Å². The smallest absolute Gasteiger partial charge is 0.142 e. The summed E-state index contributed by atoms with van der Waals surface area (Å²) in [4.78, 5) is 0. The molecule has 4 heteroatoms. The third-order valence-electron chi connectivity index (χ3n) is 1.70. The van der Waals surface area contributed by atoms with E-state index in [-0.39, 0.29) is 5.75 Å². The molecule has 1 rings (SSSR count). The van der Waals surface area contributed by atoms with Crippen molar-refractivity contribution in [3.63, 3.8) is 0 Å². The molecule has 13 heavy (non-hydrogen) atoms. The largest absolute Gasteiger partial charge is 0.505 e. The number of aryl methyl sites for hydroxylation is 2. The first-order valence-corrected chi connectivity index (χ1v) is 5.47. The summed E-state index contributed by atoms with van der Waals surface area (Å²) in [6.07, 6.45) is 1.52. The molecule has 0 aliphatic heterocycles. The third-order valence-corrected chi connectivity index (χ3v) is 2.21. The summed E-state index contributed by atoms with van der Waals surface area (Å²) in [7, 11) is -1.15. The van der Waals surface area contributed by atoms with Crippen molar-refractivity contribution in [3.8, 4) is 5.75 Å². The number of phenolic OH excluding ortho intramolecular Hbond substituents is 1. The average molecular weight is 199 g/mol. The molecule has 0 heterocycles. The molecule has 2 N–H and O–H groups in total. The molecule has 0 radical (unpaired) electrons. The zero-order chi connectivity index (χ0) is 10.0. The molecule has 0 saturated heterocycles. The number of hydrogen-bond donors (Lipinski definition) is 2. The van der Waals surface area contributed by atoms with Gasteiger partial charge in [0, 0.05) is 6.26 Å². The standard InChI is InChI=1S/C9H13NO2S/c1-6-4-7(2)9(11)8(5-6)10-13(3)12/h4-5,10-11H,1-3H3. The van der Waals surface area contributed by atoms with Crippen LogP contribution in [0.25, 0.3) is 0 Å². The van der Waals surface area contributed by atoms with Crippen molar-refractivity contribution in [2.45, 2.75) is 13.8 Å². The molecular weight excluding hydrogens is 186 g/mol. The maximum absolute atomic E-state index is 10.9. The van der Waals surface area contributed by atoms with Gasteiger partial charge in [-0.3, -0.25) is 0 Å². The molecule has 0 aliphatic rings. The highest BCUT2D eigenvalue weighted by Gasteiger charge is 2.05. The van der Waals surface area contributed by atoms with E-state index in [9.17, 15) is 9.32 Å². The second-order valence-corrected chi connectivity index (χ2v) is 4.15. The summed E-state index contributed by atoms with van der Waals surface area (Å²) in [5.74, 6) is 0.167. The van der Waals surface area contributed by atoms with Gasteiger partial charge in [0.1, 0.15) is 16.7 Å². The highest BCUT2D eigenvalue weighted by Crippen LogP contribution is 2.28. The van der Waals surface area contributed by atoms with Crippen LogP contribution in [-0.2, 0) is 11.0 Å². The Bertz CT molecular complexity index is 350. The Morgan fingerprint density at radius 3 is 2.54 bits per heavy atom. The van der Waals surface area contributed by atoms with Crippen LogP contribution in [0.1, 0.15) is 11.1 Å². The predicted octanol–water partition coefficient (Wildman–Crippen LogP) is 1.71. The van der Waals surface area contributed by atoms with E-state index in [1.807, 2.05) is 19.9 Å². The van der Waals surface area contributed by atoms with E-state index in [4.69, 9.17) is 0 Å². The van der Waals surface area contributed by atoms with E-state index in [2.05, 4.69) is 4.72 Å². The summed E-state index contributed by atoms with van der Waals surface area (Å²) in [5, 5.41) is 9.57. The molecule has 0 aromatic heterocycles. The van der Waals surface area contributed by atoms with Crippen molar-refractivity contribution in [3.05, 3.63) is 23.3 Å². The van der Waals surface area contributed by atoms with E-state index in [1.165, 1.54) is 6.26 Å². The predicted molar refractivity (Wildman–Crippen MR) is 55.3 cm³/mol. The topological polar surface area (TPSA) is 49.3 Å². The normalized spacial score (nSPS) is 12.5. The third kappa shape index (κ3) is 2.45. The van der Waals surface area contributed by atoms with Crippen molar-refractivity contribution < 1.29 is 9.32 Å². The number of anilines is 1. The van der Waals surface area contributed by atoms with Crippen molar-refractivity contribution in [2.75, 3.05) is 11.0 Å². The van der Waals surface area contributed by atoms with E-state index in [0.29, 0.717) is 5.69 Å². The number of aromatic hydroxyl groups is 1. The van der Waals surface area contributed by atoms with Gasteiger partial charge in [0.05, 0.1) is 5.69 Å².